The highest BCUT2D eigenvalue weighted by atomic mass is 35.6. The number of β-lactam (4-membered cyclic amide) rings is 1. The lowest BCUT2D eigenvalue weighted by atomic mass is 10.00. The number of halogens is 3. The van der Waals surface area contributed by atoms with Gasteiger partial charge in [0.25, 0.3) is 12.4 Å². The van der Waals surface area contributed by atoms with Gasteiger partial charge in [-0.05, 0) is 6.92 Å². The van der Waals surface area contributed by atoms with Gasteiger partial charge in [-0.15, -0.1) is 11.8 Å². The van der Waals surface area contributed by atoms with Crippen molar-refractivity contribution >= 4 is 70.8 Å². The highest BCUT2D eigenvalue weighted by molar-refractivity contribution is 8.02. The molecule has 2 amide bonds. The number of esters is 1. The van der Waals surface area contributed by atoms with Gasteiger partial charge < -0.3 is 19.7 Å². The fourth-order valence-electron chi connectivity index (χ4n) is 4.17. The molecule has 31 heavy (non-hydrogen) atoms. The van der Waals surface area contributed by atoms with Crippen LogP contribution in [0.5, 0.6) is 0 Å². The third-order valence-electron chi connectivity index (χ3n) is 5.71. The van der Waals surface area contributed by atoms with E-state index in [0.717, 1.165) is 0 Å². The SMILES string of the molecule is CC12CC1(C(=O)OCC(Cl)(Cl)Cl)N1C(=O)C(NC(=O)C(OC=O)c3ccccc3)[C@@H]1S2. The van der Waals surface area contributed by atoms with E-state index < -0.39 is 56.0 Å². The second-order valence-electron chi connectivity index (χ2n) is 7.69. The number of thioether (sulfide) groups is 1. The Hall–Kier alpha value is -1.68. The molecule has 1 N–H and O–H groups in total. The van der Waals surface area contributed by atoms with E-state index in [-0.39, 0.29) is 6.47 Å². The van der Waals surface area contributed by atoms with Gasteiger partial charge in [0.2, 0.25) is 15.8 Å². The molecule has 1 aliphatic carbocycles. The molecule has 5 atom stereocenters. The fourth-order valence-corrected chi connectivity index (χ4v) is 6.25. The zero-order valence-electron chi connectivity index (χ0n) is 16.0. The minimum atomic E-state index is -1.76. The number of nitrogens with one attached hydrogen (secondary N) is 1. The van der Waals surface area contributed by atoms with Gasteiger partial charge in [0, 0.05) is 12.0 Å². The second kappa shape index (κ2) is 7.72. The molecule has 2 aliphatic heterocycles. The van der Waals surface area contributed by atoms with Crippen LogP contribution in [0.4, 0.5) is 0 Å². The molecule has 4 unspecified atom stereocenters. The van der Waals surface area contributed by atoms with Crippen molar-refractivity contribution in [2.45, 2.75) is 44.9 Å². The van der Waals surface area contributed by atoms with Crippen LogP contribution in [0.3, 0.4) is 0 Å². The molecule has 2 heterocycles. The number of carbonyl (C=O) groups excluding carboxylic acids is 4. The minimum Gasteiger partial charge on any atom is -0.459 e. The number of carbonyl (C=O) groups is 4. The van der Waals surface area contributed by atoms with E-state index >= 15 is 0 Å². The normalized spacial score (nSPS) is 31.6. The van der Waals surface area contributed by atoms with Crippen molar-refractivity contribution in [2.24, 2.45) is 0 Å². The number of ether oxygens (including phenoxy) is 2. The van der Waals surface area contributed by atoms with Crippen LogP contribution in [-0.2, 0) is 28.7 Å². The second-order valence-corrected chi connectivity index (χ2v) is 11.8. The molecular formula is C19H17Cl3N2O6S. The zero-order valence-corrected chi connectivity index (χ0v) is 19.1. The standard InChI is InChI=1S/C19H17Cl3N2O6S/c1-17-7-18(17,16(28)29-8-19(20,21)22)24-14(27)11(15(24)31-17)23-13(26)12(30-9-25)10-5-3-2-4-6-10/h2-6,9,11-12,15H,7-8H2,1H3,(H,23,26)/t11?,12?,15-,17?,18?/m0/s1. The van der Waals surface area contributed by atoms with Crippen molar-refractivity contribution < 1.29 is 28.7 Å². The van der Waals surface area contributed by atoms with Crippen LogP contribution in [0.25, 0.3) is 0 Å². The lowest BCUT2D eigenvalue weighted by Gasteiger charge is -2.46. The molecule has 3 fully saturated rings. The van der Waals surface area contributed by atoms with Crippen LogP contribution < -0.4 is 5.32 Å². The molecule has 12 heteroatoms. The smallest absolute Gasteiger partial charge is 0.333 e. The molecule has 8 nitrogen and oxygen atoms in total. The number of benzene rings is 1. The number of amides is 2. The van der Waals surface area contributed by atoms with Crippen LogP contribution in [0.2, 0.25) is 0 Å². The van der Waals surface area contributed by atoms with Gasteiger partial charge >= 0.3 is 5.97 Å². The topological polar surface area (TPSA) is 102 Å². The minimum absolute atomic E-state index is 0.183. The molecular weight excluding hydrogens is 491 g/mol. The van der Waals surface area contributed by atoms with Gasteiger partial charge in [-0.25, -0.2) is 4.79 Å². The first-order valence-corrected chi connectivity index (χ1v) is 11.2. The first kappa shape index (κ1) is 22.5. The van der Waals surface area contributed by atoms with Gasteiger partial charge in [-0.3, -0.25) is 14.4 Å². The Bertz CT molecular complexity index is 944. The summed E-state index contributed by atoms with van der Waals surface area (Å²) in [6.07, 6.45) is -0.784. The van der Waals surface area contributed by atoms with Crippen molar-refractivity contribution in [3.63, 3.8) is 0 Å². The summed E-state index contributed by atoms with van der Waals surface area (Å²) in [4.78, 5) is 50.7. The summed E-state index contributed by atoms with van der Waals surface area (Å²) in [6.45, 7) is 1.59. The van der Waals surface area contributed by atoms with Gasteiger partial charge in [-0.1, -0.05) is 65.1 Å². The predicted molar refractivity (Wildman–Crippen MR) is 113 cm³/mol. The van der Waals surface area contributed by atoms with E-state index in [1.807, 2.05) is 6.92 Å². The Morgan fingerprint density at radius 1 is 1.35 bits per heavy atom. The maximum atomic E-state index is 12.9. The molecule has 2 saturated heterocycles. The summed E-state index contributed by atoms with van der Waals surface area (Å²) in [5, 5.41) is 2.19. The zero-order chi connectivity index (χ0) is 22.6. The third kappa shape index (κ3) is 3.65. The Kier molecular flexibility index (Phi) is 5.61. The molecule has 1 saturated carbocycles. The average molecular weight is 508 g/mol. The van der Waals surface area contributed by atoms with Crippen LogP contribution >= 0.6 is 46.6 Å². The van der Waals surface area contributed by atoms with Gasteiger partial charge in [0.1, 0.15) is 18.0 Å². The Labute approximate surface area is 196 Å². The number of nitrogens with zero attached hydrogens (tertiary/aromatic N) is 1. The van der Waals surface area contributed by atoms with E-state index in [9.17, 15) is 19.2 Å². The van der Waals surface area contributed by atoms with E-state index in [0.29, 0.717) is 12.0 Å². The number of rotatable bonds is 7. The summed E-state index contributed by atoms with van der Waals surface area (Å²) in [5.74, 6) is -1.69. The molecule has 1 aromatic rings. The van der Waals surface area contributed by atoms with Gasteiger partial charge in [-0.2, -0.15) is 0 Å². The van der Waals surface area contributed by atoms with Gasteiger partial charge in [0.05, 0.1) is 4.75 Å². The third-order valence-corrected chi connectivity index (χ3v) is 7.77. The largest absolute Gasteiger partial charge is 0.459 e. The summed E-state index contributed by atoms with van der Waals surface area (Å²) in [6, 6.07) is 7.58. The van der Waals surface area contributed by atoms with E-state index in [1.165, 1.54) is 16.7 Å². The maximum Gasteiger partial charge on any atom is 0.333 e. The summed E-state index contributed by atoms with van der Waals surface area (Å²) >= 11 is 18.4. The number of fused-ring (bicyclic) bond motifs is 3. The Balaban J connectivity index is 1.46. The molecule has 0 spiro atoms. The highest BCUT2D eigenvalue weighted by Gasteiger charge is 2.85. The lowest BCUT2D eigenvalue weighted by molar-refractivity contribution is -0.167. The van der Waals surface area contributed by atoms with Crippen LogP contribution in [0.15, 0.2) is 30.3 Å². The van der Waals surface area contributed by atoms with E-state index in [4.69, 9.17) is 44.3 Å². The number of hydrogen-bond donors (Lipinski definition) is 1. The van der Waals surface area contributed by atoms with Crippen molar-refractivity contribution in [3.05, 3.63) is 35.9 Å². The van der Waals surface area contributed by atoms with Gasteiger partial charge in [0.15, 0.2) is 5.54 Å². The van der Waals surface area contributed by atoms with Crippen molar-refractivity contribution in [2.75, 3.05) is 6.61 Å². The first-order chi connectivity index (χ1) is 14.5. The Morgan fingerprint density at radius 2 is 2.03 bits per heavy atom. The molecule has 1 aromatic carbocycles. The van der Waals surface area contributed by atoms with E-state index in [1.54, 1.807) is 30.3 Å². The van der Waals surface area contributed by atoms with Crippen molar-refractivity contribution in [3.8, 4) is 0 Å². The number of alkyl halides is 3. The molecule has 166 valence electrons. The number of hydrogen-bond acceptors (Lipinski definition) is 7. The summed E-state index contributed by atoms with van der Waals surface area (Å²) in [7, 11) is 0. The highest BCUT2D eigenvalue weighted by Crippen LogP contribution is 2.72. The molecule has 0 bridgehead atoms. The molecule has 0 radical (unpaired) electrons. The predicted octanol–water partition coefficient (Wildman–Crippen LogP) is 2.12. The van der Waals surface area contributed by atoms with Crippen molar-refractivity contribution in [1.82, 2.24) is 10.2 Å². The van der Waals surface area contributed by atoms with Crippen LogP contribution in [0, 0.1) is 0 Å². The summed E-state index contributed by atoms with van der Waals surface area (Å²) < 4.78 is 7.78. The summed E-state index contributed by atoms with van der Waals surface area (Å²) in [5.41, 5.74) is -0.675. The lowest BCUT2D eigenvalue weighted by Crippen LogP contribution is -2.72. The van der Waals surface area contributed by atoms with Crippen LogP contribution in [-0.4, -0.2) is 61.3 Å². The average Bonchev–Trinajstić information content (AvgIpc) is 3.25. The Morgan fingerprint density at radius 3 is 2.65 bits per heavy atom. The van der Waals surface area contributed by atoms with Crippen molar-refractivity contribution in [1.29, 1.82) is 0 Å². The fraction of sp³-hybridized carbons (Fsp3) is 0.474. The monoisotopic (exact) mass is 506 g/mol. The quantitative estimate of drug-likeness (QED) is 0.261. The maximum absolute atomic E-state index is 12.9. The molecule has 4 rings (SSSR count). The first-order valence-electron chi connectivity index (χ1n) is 9.23. The van der Waals surface area contributed by atoms with E-state index in [2.05, 4.69) is 5.32 Å². The van der Waals surface area contributed by atoms with Crippen LogP contribution in [0.1, 0.15) is 25.0 Å². The molecule has 0 aromatic heterocycles. The molecule has 3 aliphatic rings.